The first-order chi connectivity index (χ1) is 10.3. The fraction of sp³-hybridized carbons (Fsp3) is 0.500. The predicted molar refractivity (Wildman–Crippen MR) is 85.3 cm³/mol. The highest BCUT2D eigenvalue weighted by molar-refractivity contribution is 7.99. The number of hydrogen-bond acceptors (Lipinski definition) is 4. The van der Waals surface area contributed by atoms with Crippen molar-refractivity contribution in [3.05, 3.63) is 29.8 Å². The van der Waals surface area contributed by atoms with Gasteiger partial charge in [-0.2, -0.15) is 17.0 Å². The van der Waals surface area contributed by atoms with Crippen molar-refractivity contribution >= 4 is 23.4 Å². The van der Waals surface area contributed by atoms with Crippen LogP contribution in [0.4, 0.5) is 5.69 Å². The van der Waals surface area contributed by atoms with E-state index in [1.807, 2.05) is 11.8 Å². The van der Waals surface area contributed by atoms with Gasteiger partial charge in [-0.3, -0.25) is 4.79 Å². The Kier molecular flexibility index (Phi) is 6.58. The van der Waals surface area contributed by atoms with E-state index in [0.29, 0.717) is 22.9 Å². The van der Waals surface area contributed by atoms with Crippen LogP contribution in [-0.2, 0) is 9.53 Å². The molecule has 4 nitrogen and oxygen atoms in total. The fourth-order valence-electron chi connectivity index (χ4n) is 2.22. The van der Waals surface area contributed by atoms with Crippen LogP contribution in [0, 0.1) is 11.3 Å². The Balaban J connectivity index is 1.64. The Bertz CT molecular complexity index is 507. The second-order valence-corrected chi connectivity index (χ2v) is 6.44. The van der Waals surface area contributed by atoms with Gasteiger partial charge in [0.1, 0.15) is 0 Å². The molecule has 1 aromatic rings. The van der Waals surface area contributed by atoms with Gasteiger partial charge in [0.25, 0.3) is 0 Å². The fourth-order valence-corrected chi connectivity index (χ4v) is 3.39. The highest BCUT2D eigenvalue weighted by atomic mass is 32.2. The molecule has 1 aromatic carbocycles. The number of rotatable bonds is 6. The summed E-state index contributed by atoms with van der Waals surface area (Å²) < 4.78 is 5.33. The van der Waals surface area contributed by atoms with Crippen LogP contribution in [0.5, 0.6) is 0 Å². The summed E-state index contributed by atoms with van der Waals surface area (Å²) in [5.74, 6) is 1.02. The van der Waals surface area contributed by atoms with Crippen LogP contribution in [0.3, 0.4) is 0 Å². The van der Waals surface area contributed by atoms with Gasteiger partial charge >= 0.3 is 0 Å². The molecule has 2 rings (SSSR count). The van der Waals surface area contributed by atoms with E-state index in [1.54, 1.807) is 24.3 Å². The molecule has 0 aliphatic carbocycles. The van der Waals surface area contributed by atoms with Crippen LogP contribution in [0.15, 0.2) is 24.3 Å². The third-order valence-electron chi connectivity index (χ3n) is 3.35. The zero-order chi connectivity index (χ0) is 14.9. The number of nitrogens with one attached hydrogen (secondary N) is 1. The van der Waals surface area contributed by atoms with Crippen molar-refractivity contribution in [1.29, 1.82) is 5.26 Å². The Morgan fingerprint density at radius 2 is 2.24 bits per heavy atom. The van der Waals surface area contributed by atoms with Gasteiger partial charge in [-0.05, 0) is 43.2 Å². The minimum atomic E-state index is 0.0117. The molecule has 112 valence electrons. The van der Waals surface area contributed by atoms with Crippen molar-refractivity contribution in [1.82, 2.24) is 0 Å². The first-order valence-electron chi connectivity index (χ1n) is 7.27. The molecule has 21 heavy (non-hydrogen) atoms. The quantitative estimate of drug-likeness (QED) is 0.820. The number of benzene rings is 1. The maximum absolute atomic E-state index is 11.8. The van der Waals surface area contributed by atoms with E-state index in [1.165, 1.54) is 0 Å². The molecular formula is C16H20N2O2S. The number of ether oxygens (including phenoxy) is 1. The van der Waals surface area contributed by atoms with Crippen LogP contribution in [0.2, 0.25) is 0 Å². The second kappa shape index (κ2) is 8.71. The average Bonchev–Trinajstić information content (AvgIpc) is 2.53. The normalized spacial score (nSPS) is 15.4. The molecular weight excluding hydrogens is 284 g/mol. The van der Waals surface area contributed by atoms with Crippen molar-refractivity contribution in [2.75, 3.05) is 24.3 Å². The lowest BCUT2D eigenvalue weighted by Gasteiger charge is -2.21. The second-order valence-electron chi connectivity index (χ2n) is 5.03. The Morgan fingerprint density at radius 1 is 1.43 bits per heavy atom. The molecule has 0 atom stereocenters. The summed E-state index contributed by atoms with van der Waals surface area (Å²) in [7, 11) is 0. The van der Waals surface area contributed by atoms with E-state index in [-0.39, 0.29) is 5.91 Å². The van der Waals surface area contributed by atoms with Crippen LogP contribution < -0.4 is 5.32 Å². The molecule has 0 spiro atoms. The molecule has 1 heterocycles. The first-order valence-corrected chi connectivity index (χ1v) is 8.32. The number of anilines is 1. The Labute approximate surface area is 129 Å². The van der Waals surface area contributed by atoms with Gasteiger partial charge in [0.05, 0.1) is 11.6 Å². The van der Waals surface area contributed by atoms with E-state index < -0.39 is 0 Å². The van der Waals surface area contributed by atoms with Crippen molar-refractivity contribution in [3.8, 4) is 6.07 Å². The van der Waals surface area contributed by atoms with Crippen molar-refractivity contribution in [3.63, 3.8) is 0 Å². The van der Waals surface area contributed by atoms with Gasteiger partial charge in [0, 0.05) is 30.6 Å². The van der Waals surface area contributed by atoms with Gasteiger partial charge in [0.15, 0.2) is 0 Å². The van der Waals surface area contributed by atoms with Gasteiger partial charge < -0.3 is 10.1 Å². The average molecular weight is 304 g/mol. The highest BCUT2D eigenvalue weighted by Gasteiger charge is 2.13. The zero-order valence-corrected chi connectivity index (χ0v) is 12.8. The summed E-state index contributed by atoms with van der Waals surface area (Å²) >= 11 is 1.95. The number of carbonyl (C=O) groups excluding carboxylic acids is 1. The van der Waals surface area contributed by atoms with E-state index in [4.69, 9.17) is 10.00 Å². The summed E-state index contributed by atoms with van der Waals surface area (Å²) in [5.41, 5.74) is 1.25. The topological polar surface area (TPSA) is 62.1 Å². The lowest BCUT2D eigenvalue weighted by Crippen LogP contribution is -2.18. The summed E-state index contributed by atoms with van der Waals surface area (Å²) in [6, 6.07) is 9.05. The molecule has 1 aliphatic rings. The maximum Gasteiger partial charge on any atom is 0.224 e. The summed E-state index contributed by atoms with van der Waals surface area (Å²) in [6.07, 6.45) is 3.65. The molecule has 1 amide bonds. The van der Waals surface area contributed by atoms with E-state index in [2.05, 4.69) is 11.4 Å². The molecule has 1 saturated heterocycles. The van der Waals surface area contributed by atoms with Gasteiger partial charge in [-0.1, -0.05) is 6.07 Å². The molecule has 0 saturated carbocycles. The molecule has 1 N–H and O–H groups in total. The Morgan fingerprint density at radius 3 is 3.00 bits per heavy atom. The van der Waals surface area contributed by atoms with Gasteiger partial charge in [-0.15, -0.1) is 0 Å². The van der Waals surface area contributed by atoms with E-state index in [9.17, 15) is 4.79 Å². The van der Waals surface area contributed by atoms with E-state index >= 15 is 0 Å². The van der Waals surface area contributed by atoms with Crippen LogP contribution in [0.25, 0.3) is 0 Å². The molecule has 0 radical (unpaired) electrons. The van der Waals surface area contributed by atoms with Crippen molar-refractivity contribution < 1.29 is 9.53 Å². The van der Waals surface area contributed by atoms with E-state index in [0.717, 1.165) is 38.2 Å². The third-order valence-corrected chi connectivity index (χ3v) is 4.81. The van der Waals surface area contributed by atoms with Crippen LogP contribution in [0.1, 0.15) is 31.2 Å². The molecule has 1 fully saturated rings. The molecule has 0 bridgehead atoms. The minimum absolute atomic E-state index is 0.0117. The number of carbonyl (C=O) groups is 1. The zero-order valence-electron chi connectivity index (χ0n) is 12.0. The lowest BCUT2D eigenvalue weighted by molar-refractivity contribution is -0.116. The summed E-state index contributed by atoms with van der Waals surface area (Å²) in [4.78, 5) is 11.8. The summed E-state index contributed by atoms with van der Waals surface area (Å²) in [6.45, 7) is 1.74. The van der Waals surface area contributed by atoms with Crippen molar-refractivity contribution in [2.45, 2.75) is 30.9 Å². The largest absolute Gasteiger partial charge is 0.381 e. The SMILES string of the molecule is N#Cc1cccc(NC(=O)CCCSC2CCOCC2)c1. The summed E-state index contributed by atoms with van der Waals surface area (Å²) in [5, 5.41) is 12.3. The lowest BCUT2D eigenvalue weighted by atomic mass is 10.2. The van der Waals surface area contributed by atoms with Gasteiger partial charge in [-0.25, -0.2) is 0 Å². The third kappa shape index (κ3) is 5.78. The van der Waals surface area contributed by atoms with Crippen molar-refractivity contribution in [2.24, 2.45) is 0 Å². The monoisotopic (exact) mass is 304 g/mol. The minimum Gasteiger partial charge on any atom is -0.381 e. The standard InChI is InChI=1S/C16H20N2O2S/c17-12-13-3-1-4-14(11-13)18-16(19)5-2-10-21-15-6-8-20-9-7-15/h1,3-4,11,15H,2,5-10H2,(H,18,19). The maximum atomic E-state index is 11.8. The highest BCUT2D eigenvalue weighted by Crippen LogP contribution is 2.23. The molecule has 0 aromatic heterocycles. The van der Waals surface area contributed by atoms with Crippen LogP contribution >= 0.6 is 11.8 Å². The number of nitriles is 1. The molecule has 1 aliphatic heterocycles. The first kappa shape index (κ1) is 15.9. The number of thioether (sulfide) groups is 1. The van der Waals surface area contributed by atoms with Gasteiger partial charge in [0.2, 0.25) is 5.91 Å². The Hall–Kier alpha value is -1.51. The number of hydrogen-bond donors (Lipinski definition) is 1. The molecule has 0 unspecified atom stereocenters. The van der Waals surface area contributed by atoms with Crippen LogP contribution in [-0.4, -0.2) is 30.1 Å². The predicted octanol–water partition coefficient (Wildman–Crippen LogP) is 3.19. The molecule has 5 heteroatoms. The smallest absolute Gasteiger partial charge is 0.224 e. The number of nitrogens with zero attached hydrogens (tertiary/aromatic N) is 1. The number of amides is 1.